The zero-order chi connectivity index (χ0) is 29.9. The first-order valence-electron chi connectivity index (χ1n) is 12.2. The van der Waals surface area contributed by atoms with E-state index >= 15 is 0 Å². The summed E-state index contributed by atoms with van der Waals surface area (Å²) in [6.07, 6.45) is -3.93. The van der Waals surface area contributed by atoms with E-state index in [1.54, 1.807) is 0 Å². The minimum Gasteiger partial charge on any atom is -0.481 e. The third-order valence-electron chi connectivity index (χ3n) is 6.43. The van der Waals surface area contributed by atoms with Gasteiger partial charge in [-0.25, -0.2) is 13.1 Å². The molecule has 0 aromatic heterocycles. The van der Waals surface area contributed by atoms with Crippen molar-refractivity contribution < 1.29 is 41.0 Å². The van der Waals surface area contributed by atoms with Crippen molar-refractivity contribution in [3.63, 3.8) is 0 Å². The summed E-state index contributed by atoms with van der Waals surface area (Å²) in [6, 6.07) is 12.0. The lowest BCUT2D eigenvalue weighted by Gasteiger charge is -2.27. The Morgan fingerprint density at radius 1 is 1.02 bits per heavy atom. The molecule has 3 aromatic rings. The van der Waals surface area contributed by atoms with Crippen LogP contribution in [0, 0.1) is 5.92 Å². The molecule has 4 rings (SSSR count). The van der Waals surface area contributed by atoms with Crippen molar-refractivity contribution in [3.05, 3.63) is 82.3 Å². The van der Waals surface area contributed by atoms with Crippen LogP contribution in [0.5, 0.6) is 5.75 Å². The van der Waals surface area contributed by atoms with E-state index in [0.717, 1.165) is 18.2 Å². The van der Waals surface area contributed by atoms with Gasteiger partial charge in [-0.15, -0.1) is 13.2 Å². The number of alkyl halides is 3. The van der Waals surface area contributed by atoms with Crippen LogP contribution in [0.25, 0.3) is 11.1 Å². The van der Waals surface area contributed by atoms with Crippen LogP contribution in [0.3, 0.4) is 0 Å². The van der Waals surface area contributed by atoms with Crippen LogP contribution in [-0.2, 0) is 19.6 Å². The molecule has 3 atom stereocenters. The molecule has 0 saturated carbocycles. The summed E-state index contributed by atoms with van der Waals surface area (Å²) in [4.78, 5) is 25.5. The Morgan fingerprint density at radius 2 is 1.66 bits per heavy atom. The van der Waals surface area contributed by atoms with E-state index in [2.05, 4.69) is 14.8 Å². The number of carboxylic acid groups (broad SMARTS) is 1. The zero-order valence-electron chi connectivity index (χ0n) is 21.0. The van der Waals surface area contributed by atoms with E-state index < -0.39 is 51.9 Å². The van der Waals surface area contributed by atoms with Crippen molar-refractivity contribution in [1.29, 1.82) is 0 Å². The normalized spacial score (nSPS) is 17.1. The highest BCUT2D eigenvalue weighted by atomic mass is 35.5. The van der Waals surface area contributed by atoms with Crippen molar-refractivity contribution in [3.8, 4) is 16.9 Å². The van der Waals surface area contributed by atoms with Gasteiger partial charge in [0.1, 0.15) is 11.7 Å². The zero-order valence-corrected chi connectivity index (χ0v) is 23.3. The van der Waals surface area contributed by atoms with Gasteiger partial charge in [-0.1, -0.05) is 65.7 Å². The van der Waals surface area contributed by atoms with Crippen LogP contribution < -0.4 is 14.8 Å². The van der Waals surface area contributed by atoms with E-state index in [-0.39, 0.29) is 31.6 Å². The second kappa shape index (κ2) is 12.4. The molecule has 3 N–H and O–H groups in total. The van der Waals surface area contributed by atoms with E-state index in [0.29, 0.717) is 19.4 Å². The van der Waals surface area contributed by atoms with E-state index in [1.165, 1.54) is 48.5 Å². The largest absolute Gasteiger partial charge is 0.573 e. The lowest BCUT2D eigenvalue weighted by Crippen LogP contribution is -2.46. The molecule has 1 unspecified atom stereocenters. The quantitative estimate of drug-likeness (QED) is 0.249. The number of nitrogens with one attached hydrogen (secondary N) is 2. The van der Waals surface area contributed by atoms with Gasteiger partial charge in [0.05, 0.1) is 17.0 Å². The van der Waals surface area contributed by atoms with E-state index in [4.69, 9.17) is 23.2 Å². The smallest absolute Gasteiger partial charge is 0.481 e. The van der Waals surface area contributed by atoms with Gasteiger partial charge in [-0.05, 0) is 54.8 Å². The van der Waals surface area contributed by atoms with Crippen LogP contribution in [0.2, 0.25) is 10.0 Å². The predicted octanol–water partition coefficient (Wildman–Crippen LogP) is 5.60. The van der Waals surface area contributed by atoms with Crippen LogP contribution in [-0.4, -0.2) is 44.2 Å². The fraction of sp³-hybridized carbons (Fsp3) is 0.259. The molecule has 3 aromatic carbocycles. The van der Waals surface area contributed by atoms with Crippen molar-refractivity contribution >= 4 is 45.0 Å². The fourth-order valence-corrected chi connectivity index (χ4v) is 6.57. The Bertz CT molecular complexity index is 1530. The van der Waals surface area contributed by atoms with Gasteiger partial charge in [0.15, 0.2) is 5.78 Å². The number of hydrogen-bond donors (Lipinski definition) is 3. The number of hydrogen-bond acceptors (Lipinski definition) is 6. The Morgan fingerprint density at radius 3 is 2.22 bits per heavy atom. The third kappa shape index (κ3) is 7.57. The summed E-state index contributed by atoms with van der Waals surface area (Å²) in [5.74, 6) is -4.59. The Labute approximate surface area is 243 Å². The molecule has 41 heavy (non-hydrogen) atoms. The van der Waals surface area contributed by atoms with Gasteiger partial charge in [0, 0.05) is 15.6 Å². The Kier molecular flexibility index (Phi) is 9.29. The molecule has 0 amide bonds. The molecule has 218 valence electrons. The summed E-state index contributed by atoms with van der Waals surface area (Å²) in [7, 11) is -4.48. The molecule has 1 fully saturated rings. The summed E-state index contributed by atoms with van der Waals surface area (Å²) in [5.41, 5.74) is 0.439. The van der Waals surface area contributed by atoms with Crippen LogP contribution in [0.4, 0.5) is 13.2 Å². The first kappa shape index (κ1) is 30.8. The maximum absolute atomic E-state index is 13.4. The number of benzene rings is 3. The number of ketones is 1. The number of aliphatic carboxylic acids is 1. The van der Waals surface area contributed by atoms with E-state index in [9.17, 15) is 36.3 Å². The monoisotopic (exact) mass is 630 g/mol. The molecule has 1 aliphatic rings. The number of carbonyl (C=O) groups excluding carboxylic acids is 1. The van der Waals surface area contributed by atoms with Crippen molar-refractivity contribution in [2.45, 2.75) is 36.2 Å². The minimum atomic E-state index is -4.94. The first-order valence-corrected chi connectivity index (χ1v) is 14.4. The Balaban J connectivity index is 1.77. The summed E-state index contributed by atoms with van der Waals surface area (Å²) in [6.45, 7) is 0.494. The summed E-state index contributed by atoms with van der Waals surface area (Å²) >= 11 is 11.9. The molecule has 8 nitrogen and oxygen atoms in total. The minimum absolute atomic E-state index is 0.0135. The van der Waals surface area contributed by atoms with Gasteiger partial charge in [-0.2, -0.15) is 0 Å². The predicted molar refractivity (Wildman–Crippen MR) is 145 cm³/mol. The average molecular weight is 631 g/mol. The number of Topliss-reactive ketones (excluding diaryl/α,β-unsaturated/α-hetero) is 1. The Hall–Kier alpha value is -3.16. The number of sulfonamides is 1. The van der Waals surface area contributed by atoms with Crippen molar-refractivity contribution in [2.75, 3.05) is 6.54 Å². The molecule has 0 spiro atoms. The maximum atomic E-state index is 13.4. The molecule has 0 radical (unpaired) electrons. The average Bonchev–Trinajstić information content (AvgIpc) is 3.42. The number of halogens is 5. The van der Waals surface area contributed by atoms with Gasteiger partial charge in [-0.3, -0.25) is 9.59 Å². The van der Waals surface area contributed by atoms with E-state index in [1.807, 2.05) is 0 Å². The number of para-hydroxylation sites is 1. The molecule has 0 aliphatic carbocycles. The van der Waals surface area contributed by atoms with Gasteiger partial charge >= 0.3 is 12.3 Å². The van der Waals surface area contributed by atoms with Crippen molar-refractivity contribution in [2.24, 2.45) is 5.92 Å². The summed E-state index contributed by atoms with van der Waals surface area (Å²) in [5, 5.41) is 13.1. The molecule has 1 saturated heterocycles. The van der Waals surface area contributed by atoms with Gasteiger partial charge < -0.3 is 15.2 Å². The molecular formula is C27H23Cl2F3N2O6S. The number of ether oxygens (including phenoxy) is 1. The maximum Gasteiger partial charge on any atom is 0.573 e. The topological polar surface area (TPSA) is 122 Å². The molecule has 14 heteroatoms. The first-order chi connectivity index (χ1) is 19.2. The molecule has 1 heterocycles. The number of carbonyl (C=O) groups is 2. The highest BCUT2D eigenvalue weighted by molar-refractivity contribution is 7.89. The number of carboxylic acids is 1. The second-order valence-electron chi connectivity index (χ2n) is 9.24. The van der Waals surface area contributed by atoms with Crippen LogP contribution >= 0.6 is 23.2 Å². The highest BCUT2D eigenvalue weighted by Gasteiger charge is 2.42. The van der Waals surface area contributed by atoms with Crippen molar-refractivity contribution in [1.82, 2.24) is 10.0 Å². The van der Waals surface area contributed by atoms with Gasteiger partial charge in [0.25, 0.3) is 0 Å². The second-order valence-corrected chi connectivity index (χ2v) is 11.8. The lowest BCUT2D eigenvalue weighted by molar-refractivity contribution is -0.274. The lowest BCUT2D eigenvalue weighted by atomic mass is 9.86. The summed E-state index contributed by atoms with van der Waals surface area (Å²) < 4.78 is 72.0. The van der Waals surface area contributed by atoms with Gasteiger partial charge in [0.2, 0.25) is 10.0 Å². The van der Waals surface area contributed by atoms with Crippen LogP contribution in [0.1, 0.15) is 24.4 Å². The fourth-order valence-electron chi connectivity index (χ4n) is 4.61. The molecule has 0 bridgehead atoms. The molecule has 1 aliphatic heterocycles. The SMILES string of the molecule is O=C(O)[C@H](C(=O)C1CCCN1)[C@@H](NS(=O)(=O)c1cc(Cl)cc(Cl)c1)c1ccc(-c2ccccc2OC(F)(F)F)cc1. The number of rotatable bonds is 10. The third-order valence-corrected chi connectivity index (χ3v) is 8.29. The van der Waals surface area contributed by atoms with Crippen LogP contribution in [0.15, 0.2) is 71.6 Å². The molecular weight excluding hydrogens is 608 g/mol. The standard InChI is InChI=1S/C27H23Cl2F3N2O6S/c28-17-12-18(29)14-19(13-17)41(38,39)34-24(23(26(36)37)25(35)21-5-3-11-33-21)16-9-7-15(8-10-16)20-4-1-2-6-22(20)40-27(30,31)32/h1-2,4,6-10,12-14,21,23-24,33-34H,3,5,11H2,(H,36,37)/t21?,23-,24-/m0/s1. The highest BCUT2D eigenvalue weighted by Crippen LogP contribution is 2.36.